The number of fused-ring (bicyclic) bond motifs is 1. The number of hydrogen-bond acceptors (Lipinski definition) is 5. The molecular weight excluding hydrogens is 346 g/mol. The zero-order valence-electron chi connectivity index (χ0n) is 13.0. The summed E-state index contributed by atoms with van der Waals surface area (Å²) in [7, 11) is 0. The van der Waals surface area contributed by atoms with Gasteiger partial charge < -0.3 is 15.5 Å². The summed E-state index contributed by atoms with van der Waals surface area (Å²) in [6.07, 6.45) is 4.19. The molecule has 2 amide bonds. The quantitative estimate of drug-likeness (QED) is 0.729. The summed E-state index contributed by atoms with van der Waals surface area (Å²) in [5.41, 5.74) is 7.04. The molecule has 3 rings (SSSR count). The zero-order chi connectivity index (χ0) is 17.3. The molecule has 24 heavy (non-hydrogen) atoms. The molecule has 4 N–H and O–H groups in total. The van der Waals surface area contributed by atoms with Crippen LogP contribution in [0.25, 0.3) is 0 Å². The van der Waals surface area contributed by atoms with Crippen LogP contribution in [-0.4, -0.2) is 16.9 Å². The molecule has 1 aliphatic carbocycles. The van der Waals surface area contributed by atoms with Crippen LogP contribution in [0.1, 0.15) is 44.7 Å². The number of amides is 2. The number of nitrogens with one attached hydrogen (secondary N) is 2. The monoisotopic (exact) mass is 363 g/mol. The molecule has 2 aromatic rings. The van der Waals surface area contributed by atoms with E-state index in [-0.39, 0.29) is 10.9 Å². The molecule has 1 atom stereocenters. The fourth-order valence-electron chi connectivity index (χ4n) is 2.81. The highest BCUT2D eigenvalue weighted by Crippen LogP contribution is 2.39. The second-order valence-electron chi connectivity index (χ2n) is 5.81. The molecule has 1 aliphatic rings. The number of thiophene rings is 1. The van der Waals surface area contributed by atoms with E-state index in [1.165, 1.54) is 23.7 Å². The molecule has 0 radical (unpaired) electrons. The molecule has 0 fully saturated rings. The second kappa shape index (κ2) is 6.74. The smallest absolute Gasteiger partial charge is 0.293 e. The SMILES string of the molecule is CC1CCc2c(sc(NC(=S)NC(=O)c3ccco3)c2C(N)=O)C1. The Labute approximate surface area is 148 Å². The molecule has 8 heteroatoms. The van der Waals surface area contributed by atoms with Gasteiger partial charge in [-0.2, -0.15) is 0 Å². The molecular formula is C16H17N3O3S2. The van der Waals surface area contributed by atoms with Crippen LogP contribution < -0.4 is 16.4 Å². The van der Waals surface area contributed by atoms with Gasteiger partial charge in [-0.3, -0.25) is 14.9 Å². The van der Waals surface area contributed by atoms with Crippen LogP contribution in [-0.2, 0) is 12.8 Å². The maximum atomic E-state index is 11.9. The maximum Gasteiger partial charge on any atom is 0.293 e. The average molecular weight is 363 g/mol. The van der Waals surface area contributed by atoms with Crippen molar-refractivity contribution in [1.82, 2.24) is 5.32 Å². The van der Waals surface area contributed by atoms with Crippen molar-refractivity contribution in [3.8, 4) is 0 Å². The summed E-state index contributed by atoms with van der Waals surface area (Å²) in [6, 6.07) is 3.16. The molecule has 2 aromatic heterocycles. The molecule has 0 bridgehead atoms. The first kappa shape index (κ1) is 16.7. The molecule has 0 saturated carbocycles. The molecule has 2 heterocycles. The van der Waals surface area contributed by atoms with Crippen molar-refractivity contribution in [3.05, 3.63) is 40.2 Å². The summed E-state index contributed by atoms with van der Waals surface area (Å²) in [6.45, 7) is 2.19. The van der Waals surface area contributed by atoms with Crippen molar-refractivity contribution in [2.45, 2.75) is 26.2 Å². The van der Waals surface area contributed by atoms with Crippen LogP contribution in [0, 0.1) is 5.92 Å². The van der Waals surface area contributed by atoms with Gasteiger partial charge >= 0.3 is 0 Å². The normalized spacial score (nSPS) is 16.3. The largest absolute Gasteiger partial charge is 0.459 e. The van der Waals surface area contributed by atoms with Gasteiger partial charge in [0.05, 0.1) is 11.8 Å². The third-order valence-corrected chi connectivity index (χ3v) is 5.33. The summed E-state index contributed by atoms with van der Waals surface area (Å²) >= 11 is 6.64. The lowest BCUT2D eigenvalue weighted by Gasteiger charge is -2.18. The minimum absolute atomic E-state index is 0.102. The second-order valence-corrected chi connectivity index (χ2v) is 7.32. The number of anilines is 1. The predicted molar refractivity (Wildman–Crippen MR) is 96.4 cm³/mol. The van der Waals surface area contributed by atoms with Gasteiger partial charge in [0.2, 0.25) is 0 Å². The maximum absolute atomic E-state index is 11.9. The minimum atomic E-state index is -0.482. The Morgan fingerprint density at radius 1 is 1.46 bits per heavy atom. The first-order chi connectivity index (χ1) is 11.5. The van der Waals surface area contributed by atoms with Crippen LogP contribution in [0.15, 0.2) is 22.8 Å². The standard InChI is InChI=1S/C16H17N3O3S2/c1-8-4-5-9-11(7-8)24-15(12(9)13(17)20)19-16(23)18-14(21)10-3-2-6-22-10/h2-3,6,8H,4-5,7H2,1H3,(H2,17,20)(H2,18,19,21,23). The van der Waals surface area contributed by atoms with Gasteiger partial charge in [-0.05, 0) is 55.1 Å². The number of rotatable bonds is 3. The summed E-state index contributed by atoms with van der Waals surface area (Å²) in [4.78, 5) is 25.0. The van der Waals surface area contributed by atoms with Crippen LogP contribution in [0.3, 0.4) is 0 Å². The van der Waals surface area contributed by atoms with Crippen molar-refractivity contribution in [2.75, 3.05) is 5.32 Å². The lowest BCUT2D eigenvalue weighted by atomic mass is 9.88. The van der Waals surface area contributed by atoms with Crippen LogP contribution in [0.2, 0.25) is 0 Å². The van der Waals surface area contributed by atoms with Gasteiger partial charge in [0.15, 0.2) is 10.9 Å². The highest BCUT2D eigenvalue weighted by Gasteiger charge is 2.27. The van der Waals surface area contributed by atoms with Gasteiger partial charge in [-0.1, -0.05) is 6.92 Å². The third kappa shape index (κ3) is 3.34. The number of thiocarbonyl (C=S) groups is 1. The lowest BCUT2D eigenvalue weighted by Crippen LogP contribution is -2.34. The Morgan fingerprint density at radius 3 is 2.92 bits per heavy atom. The van der Waals surface area contributed by atoms with Gasteiger partial charge in [0.25, 0.3) is 11.8 Å². The van der Waals surface area contributed by atoms with E-state index >= 15 is 0 Å². The van der Waals surface area contributed by atoms with Crippen molar-refractivity contribution in [3.63, 3.8) is 0 Å². The van der Waals surface area contributed by atoms with E-state index < -0.39 is 11.8 Å². The topological polar surface area (TPSA) is 97.4 Å². The van der Waals surface area contributed by atoms with Gasteiger partial charge in [-0.25, -0.2) is 0 Å². The van der Waals surface area contributed by atoms with E-state index in [0.29, 0.717) is 16.5 Å². The van der Waals surface area contributed by atoms with Crippen molar-refractivity contribution < 1.29 is 14.0 Å². The van der Waals surface area contributed by atoms with Crippen molar-refractivity contribution >= 4 is 45.5 Å². The molecule has 126 valence electrons. The number of hydrogen-bond donors (Lipinski definition) is 3. The van der Waals surface area contributed by atoms with E-state index in [4.69, 9.17) is 22.4 Å². The van der Waals surface area contributed by atoms with Crippen LogP contribution in [0.5, 0.6) is 0 Å². The Morgan fingerprint density at radius 2 is 2.25 bits per heavy atom. The number of furan rings is 1. The van der Waals surface area contributed by atoms with E-state index in [9.17, 15) is 9.59 Å². The zero-order valence-corrected chi connectivity index (χ0v) is 14.7. The molecule has 1 unspecified atom stereocenters. The highest BCUT2D eigenvalue weighted by molar-refractivity contribution is 7.80. The lowest BCUT2D eigenvalue weighted by molar-refractivity contribution is 0.0949. The Hall–Kier alpha value is -2.19. The number of carbonyl (C=O) groups excluding carboxylic acids is 2. The van der Waals surface area contributed by atoms with E-state index in [2.05, 4.69) is 17.6 Å². The Bertz CT molecular complexity index is 796. The van der Waals surface area contributed by atoms with Gasteiger partial charge in [-0.15, -0.1) is 11.3 Å². The van der Waals surface area contributed by atoms with Crippen LogP contribution >= 0.6 is 23.6 Å². The fraction of sp³-hybridized carbons (Fsp3) is 0.312. The molecule has 6 nitrogen and oxygen atoms in total. The van der Waals surface area contributed by atoms with E-state index in [1.807, 2.05) is 0 Å². The van der Waals surface area contributed by atoms with Gasteiger partial charge in [0.1, 0.15) is 5.00 Å². The van der Waals surface area contributed by atoms with Crippen LogP contribution in [0.4, 0.5) is 5.00 Å². The average Bonchev–Trinajstić information content (AvgIpc) is 3.13. The first-order valence-corrected chi connectivity index (χ1v) is 8.78. The Kier molecular flexibility index (Phi) is 4.68. The van der Waals surface area contributed by atoms with E-state index in [0.717, 1.165) is 29.7 Å². The van der Waals surface area contributed by atoms with Crippen molar-refractivity contribution in [2.24, 2.45) is 11.7 Å². The molecule has 0 spiro atoms. The fourth-order valence-corrected chi connectivity index (χ4v) is 4.49. The number of carbonyl (C=O) groups is 2. The predicted octanol–water partition coefficient (Wildman–Crippen LogP) is 2.69. The molecule has 0 aliphatic heterocycles. The summed E-state index contributed by atoms with van der Waals surface area (Å²) in [5.74, 6) is -0.193. The van der Waals surface area contributed by atoms with E-state index in [1.54, 1.807) is 6.07 Å². The molecule has 0 saturated heterocycles. The Balaban J connectivity index is 1.78. The molecule has 0 aromatic carbocycles. The summed E-state index contributed by atoms with van der Waals surface area (Å²) < 4.78 is 5.02. The highest BCUT2D eigenvalue weighted by atomic mass is 32.1. The number of primary amides is 1. The van der Waals surface area contributed by atoms with Crippen molar-refractivity contribution in [1.29, 1.82) is 0 Å². The van der Waals surface area contributed by atoms with Gasteiger partial charge in [0, 0.05) is 4.88 Å². The number of nitrogens with two attached hydrogens (primary N) is 1. The first-order valence-electron chi connectivity index (χ1n) is 7.56. The third-order valence-electron chi connectivity index (χ3n) is 3.96. The minimum Gasteiger partial charge on any atom is -0.459 e. The summed E-state index contributed by atoms with van der Waals surface area (Å²) in [5, 5.41) is 6.15.